The molecule has 0 bridgehead atoms. The lowest BCUT2D eigenvalue weighted by molar-refractivity contribution is 0.842. The van der Waals surface area contributed by atoms with Crippen molar-refractivity contribution in [1.29, 1.82) is 0 Å². The van der Waals surface area contributed by atoms with Crippen LogP contribution < -0.4 is 0 Å². The van der Waals surface area contributed by atoms with Crippen LogP contribution in [0.1, 0.15) is 13.8 Å². The van der Waals surface area contributed by atoms with Crippen LogP contribution in [0, 0.1) is 0 Å². The molecule has 0 aromatic heterocycles. The standard InChI is InChI=1S/C26H42P2Si2/c1-9-15-29(16-10-2,17-11-3)23-21-26(8,28)24(22-25(23,7)27)30(18-12-4,19-13-5)20-14-6/h9-14,21-22H,1-6,15-20,27-28H2,7-8H3. The largest absolute Gasteiger partial charge is 0.123 e. The Morgan fingerprint density at radius 1 is 0.600 bits per heavy atom. The second-order valence-electron chi connectivity index (χ2n) is 9.20. The monoisotopic (exact) mass is 472 g/mol. The maximum absolute atomic E-state index is 4.10. The van der Waals surface area contributed by atoms with E-state index in [-0.39, 0.29) is 10.3 Å². The van der Waals surface area contributed by atoms with E-state index in [0.717, 1.165) is 36.3 Å². The van der Waals surface area contributed by atoms with E-state index in [1.807, 2.05) is 0 Å². The van der Waals surface area contributed by atoms with E-state index in [0.29, 0.717) is 0 Å². The first kappa shape index (κ1) is 27.2. The highest BCUT2D eigenvalue weighted by atomic mass is 31.0. The minimum Gasteiger partial charge on any atom is -0.123 e. The van der Waals surface area contributed by atoms with Gasteiger partial charge >= 0.3 is 0 Å². The van der Waals surface area contributed by atoms with E-state index in [9.17, 15) is 0 Å². The Kier molecular flexibility index (Phi) is 10.2. The molecule has 0 aromatic carbocycles. The van der Waals surface area contributed by atoms with Crippen molar-refractivity contribution in [2.45, 2.75) is 60.4 Å². The molecule has 4 heteroatoms. The van der Waals surface area contributed by atoms with Crippen LogP contribution >= 0.6 is 18.5 Å². The van der Waals surface area contributed by atoms with Gasteiger partial charge in [-0.15, -0.1) is 58.0 Å². The molecular formula is C26H42P2Si2. The summed E-state index contributed by atoms with van der Waals surface area (Å²) in [6.45, 7) is 29.3. The maximum Gasteiger partial charge on any atom is 0.0937 e. The molecule has 0 aromatic rings. The molecule has 1 aliphatic carbocycles. The number of rotatable bonds is 14. The van der Waals surface area contributed by atoms with Crippen LogP contribution in [0.5, 0.6) is 0 Å². The third kappa shape index (κ3) is 5.71. The van der Waals surface area contributed by atoms with Crippen LogP contribution in [0.2, 0.25) is 36.3 Å². The topological polar surface area (TPSA) is 0 Å². The van der Waals surface area contributed by atoms with Crippen LogP contribution in [0.25, 0.3) is 0 Å². The number of hydrogen-bond acceptors (Lipinski definition) is 0. The SMILES string of the molecule is C=CC[Si](CC=C)(CC=C)C1=CC(C)(P)C([Si](CC=C)(CC=C)CC=C)=CC1(C)P. The maximum atomic E-state index is 4.10. The van der Waals surface area contributed by atoms with Crippen molar-refractivity contribution in [2.75, 3.05) is 0 Å². The Labute approximate surface area is 193 Å². The van der Waals surface area contributed by atoms with Crippen molar-refractivity contribution in [3.05, 3.63) is 98.5 Å². The number of allylic oxidation sites excluding steroid dienone is 10. The molecule has 4 unspecified atom stereocenters. The van der Waals surface area contributed by atoms with Crippen LogP contribution in [-0.2, 0) is 0 Å². The highest BCUT2D eigenvalue weighted by Gasteiger charge is 2.49. The second-order valence-corrected chi connectivity index (χ2v) is 20.2. The fourth-order valence-electron chi connectivity index (χ4n) is 5.33. The summed E-state index contributed by atoms with van der Waals surface area (Å²) in [5.41, 5.74) is 0. The van der Waals surface area contributed by atoms with Gasteiger partial charge in [0.25, 0.3) is 0 Å². The molecule has 0 spiro atoms. The van der Waals surface area contributed by atoms with Gasteiger partial charge in [0.05, 0.1) is 16.1 Å². The van der Waals surface area contributed by atoms with Gasteiger partial charge in [0.15, 0.2) is 0 Å². The predicted molar refractivity (Wildman–Crippen MR) is 154 cm³/mol. The summed E-state index contributed by atoms with van der Waals surface area (Å²) in [6, 6.07) is 6.25. The lowest BCUT2D eigenvalue weighted by Gasteiger charge is -2.50. The van der Waals surface area contributed by atoms with Gasteiger partial charge < -0.3 is 0 Å². The molecule has 0 heterocycles. The Hall–Kier alpha value is -0.786. The first-order valence-electron chi connectivity index (χ1n) is 10.8. The highest BCUT2D eigenvalue weighted by Crippen LogP contribution is 2.53. The van der Waals surface area contributed by atoms with Crippen LogP contribution in [0.15, 0.2) is 98.5 Å². The van der Waals surface area contributed by atoms with Gasteiger partial charge in [0, 0.05) is 10.3 Å². The summed E-state index contributed by atoms with van der Waals surface area (Å²) in [5, 5.41) is 2.96. The highest BCUT2D eigenvalue weighted by molar-refractivity contribution is 7.22. The first-order valence-corrected chi connectivity index (χ1v) is 17.1. The van der Waals surface area contributed by atoms with Crippen LogP contribution in [-0.4, -0.2) is 26.5 Å². The van der Waals surface area contributed by atoms with E-state index in [4.69, 9.17) is 0 Å². The van der Waals surface area contributed by atoms with Crippen molar-refractivity contribution in [2.24, 2.45) is 0 Å². The summed E-state index contributed by atoms with van der Waals surface area (Å²) in [6.07, 6.45) is 17.8. The predicted octanol–water partition coefficient (Wildman–Crippen LogP) is 8.21. The molecule has 0 saturated carbocycles. The second kappa shape index (κ2) is 11.2. The summed E-state index contributed by atoms with van der Waals surface area (Å²) in [7, 11) is 2.60. The van der Waals surface area contributed by atoms with Crippen molar-refractivity contribution in [3.8, 4) is 0 Å². The molecule has 0 radical (unpaired) electrons. The summed E-state index contributed by atoms with van der Waals surface area (Å²) in [4.78, 5) is 0. The quantitative estimate of drug-likeness (QED) is 0.136. The lowest BCUT2D eigenvalue weighted by Crippen LogP contribution is -2.51. The molecule has 0 nitrogen and oxygen atoms in total. The zero-order valence-electron chi connectivity index (χ0n) is 19.3. The van der Waals surface area contributed by atoms with E-state index in [1.165, 1.54) is 0 Å². The van der Waals surface area contributed by atoms with Gasteiger partial charge in [0.1, 0.15) is 0 Å². The minimum absolute atomic E-state index is 0.0889. The van der Waals surface area contributed by atoms with Gasteiger partial charge in [-0.1, -0.05) is 59.0 Å². The molecule has 0 aliphatic heterocycles. The fraction of sp³-hybridized carbons (Fsp3) is 0.385. The van der Waals surface area contributed by atoms with Gasteiger partial charge in [-0.2, -0.15) is 0 Å². The average Bonchev–Trinajstić information content (AvgIpc) is 2.64. The Morgan fingerprint density at radius 3 is 0.967 bits per heavy atom. The Bertz CT molecular complexity index is 636. The normalized spacial score (nSPS) is 24.3. The van der Waals surface area contributed by atoms with Crippen molar-refractivity contribution >= 4 is 34.6 Å². The molecular weight excluding hydrogens is 430 g/mol. The zero-order valence-corrected chi connectivity index (χ0v) is 23.6. The first-order chi connectivity index (χ1) is 14.0. The average molecular weight is 473 g/mol. The van der Waals surface area contributed by atoms with Gasteiger partial charge in [-0.25, -0.2) is 0 Å². The van der Waals surface area contributed by atoms with E-state index >= 15 is 0 Å². The Balaban J connectivity index is 3.79. The van der Waals surface area contributed by atoms with Gasteiger partial charge in [-0.05, 0) is 50.1 Å². The molecule has 164 valence electrons. The molecule has 0 saturated heterocycles. The van der Waals surface area contributed by atoms with Gasteiger partial charge in [-0.3, -0.25) is 0 Å². The molecule has 0 amide bonds. The van der Waals surface area contributed by atoms with Crippen molar-refractivity contribution in [1.82, 2.24) is 0 Å². The zero-order chi connectivity index (χ0) is 23.1. The summed E-state index contributed by atoms with van der Waals surface area (Å²) in [5.74, 6) is 0. The fourth-order valence-corrected chi connectivity index (χ4v) is 17.3. The summed E-state index contributed by atoms with van der Waals surface area (Å²) >= 11 is 0. The Morgan fingerprint density at radius 2 is 0.800 bits per heavy atom. The smallest absolute Gasteiger partial charge is 0.0937 e. The third-order valence-electron chi connectivity index (χ3n) is 6.40. The van der Waals surface area contributed by atoms with Crippen LogP contribution in [0.3, 0.4) is 0 Å². The molecule has 1 rings (SSSR count). The third-order valence-corrected chi connectivity index (χ3v) is 18.0. The van der Waals surface area contributed by atoms with Gasteiger partial charge in [0.2, 0.25) is 0 Å². The van der Waals surface area contributed by atoms with E-state index in [2.05, 4.69) is 120 Å². The van der Waals surface area contributed by atoms with Crippen LogP contribution in [0.4, 0.5) is 0 Å². The lowest BCUT2D eigenvalue weighted by atomic mass is 9.96. The van der Waals surface area contributed by atoms with E-state index < -0.39 is 16.1 Å². The van der Waals surface area contributed by atoms with E-state index in [1.54, 1.807) is 10.4 Å². The summed E-state index contributed by atoms with van der Waals surface area (Å²) < 4.78 is 0. The van der Waals surface area contributed by atoms with Crippen molar-refractivity contribution < 1.29 is 0 Å². The molecule has 30 heavy (non-hydrogen) atoms. The number of hydrogen-bond donors (Lipinski definition) is 0. The molecule has 4 atom stereocenters. The van der Waals surface area contributed by atoms with Crippen molar-refractivity contribution in [3.63, 3.8) is 0 Å². The molecule has 1 aliphatic rings. The molecule has 0 N–H and O–H groups in total. The molecule has 0 fully saturated rings. The minimum atomic E-state index is -1.88.